The number of hydrogen-bond donors (Lipinski definition) is 0. The van der Waals surface area contributed by atoms with Crippen LogP contribution in [0.2, 0.25) is 0 Å². The van der Waals surface area contributed by atoms with E-state index >= 15 is 0 Å². The van der Waals surface area contributed by atoms with E-state index in [-0.39, 0.29) is 0 Å². The Morgan fingerprint density at radius 2 is 1.59 bits per heavy atom. The maximum atomic E-state index is 4.07. The molecule has 0 spiro atoms. The van der Waals surface area contributed by atoms with Crippen molar-refractivity contribution in [2.45, 2.75) is 54.0 Å². The monoisotopic (exact) mass is 310 g/mol. The summed E-state index contributed by atoms with van der Waals surface area (Å²) in [4.78, 5) is 9.39. The van der Waals surface area contributed by atoms with Gasteiger partial charge >= 0.3 is 0 Å². The lowest BCUT2D eigenvalue weighted by atomic mass is 9.92. The van der Waals surface area contributed by atoms with E-state index in [4.69, 9.17) is 0 Å². The summed E-state index contributed by atoms with van der Waals surface area (Å²) in [6, 6.07) is 14.9. The highest BCUT2D eigenvalue weighted by atomic mass is 32.2. The quantitative estimate of drug-likeness (QED) is 0.800. The fourth-order valence-corrected chi connectivity index (χ4v) is 4.75. The molecular weight excluding hydrogens is 288 g/mol. The molecule has 2 aliphatic heterocycles. The van der Waals surface area contributed by atoms with E-state index in [0.717, 1.165) is 6.04 Å². The zero-order valence-electron chi connectivity index (χ0n) is 12.8. The molecule has 2 atom stereocenters. The third kappa shape index (κ3) is 2.92. The van der Waals surface area contributed by atoms with Crippen molar-refractivity contribution < 1.29 is 0 Å². The molecule has 2 aromatic rings. The van der Waals surface area contributed by atoms with E-state index in [1.165, 1.54) is 54.0 Å². The van der Waals surface area contributed by atoms with Crippen LogP contribution in [0.3, 0.4) is 0 Å². The minimum atomic E-state index is 0.654. The second-order valence-corrected chi connectivity index (χ2v) is 7.48. The number of rotatable bonds is 3. The van der Waals surface area contributed by atoms with Gasteiger partial charge in [-0.2, -0.15) is 0 Å². The highest BCUT2D eigenvalue weighted by Gasteiger charge is 2.34. The van der Waals surface area contributed by atoms with E-state index in [1.807, 2.05) is 24.2 Å². The van der Waals surface area contributed by atoms with Crippen LogP contribution in [0.1, 0.15) is 43.7 Å². The smallest absolute Gasteiger partial charge is 0.0351 e. The van der Waals surface area contributed by atoms with E-state index < -0.39 is 0 Å². The predicted octanol–water partition coefficient (Wildman–Crippen LogP) is 4.92. The van der Waals surface area contributed by atoms with Gasteiger partial charge in [-0.1, -0.05) is 23.9 Å². The molecule has 4 rings (SSSR count). The lowest BCUT2D eigenvalue weighted by Gasteiger charge is -2.38. The van der Waals surface area contributed by atoms with Gasteiger partial charge in [-0.25, -0.2) is 0 Å². The standard InChI is InChI=1S/C19H22N2S/c1-3-16-4-2-14-21(16)19(5-1)15-6-8-17(9-7-15)22-18-10-12-20-13-11-18/h6-13,16,19H,1-5,14H2/t16?,19-/m0/s1. The molecule has 1 unspecified atom stereocenters. The van der Waals surface area contributed by atoms with Crippen molar-refractivity contribution >= 4 is 11.8 Å². The van der Waals surface area contributed by atoms with Crippen LogP contribution in [0.25, 0.3) is 0 Å². The van der Waals surface area contributed by atoms with Crippen LogP contribution in [0, 0.1) is 0 Å². The Hall–Kier alpha value is -1.32. The molecule has 2 fully saturated rings. The molecule has 22 heavy (non-hydrogen) atoms. The molecule has 0 amide bonds. The van der Waals surface area contributed by atoms with Crippen molar-refractivity contribution in [3.05, 3.63) is 54.4 Å². The molecule has 3 heteroatoms. The number of fused-ring (bicyclic) bond motifs is 1. The van der Waals surface area contributed by atoms with Crippen LogP contribution in [0.4, 0.5) is 0 Å². The second kappa shape index (κ2) is 6.43. The Balaban J connectivity index is 1.49. The van der Waals surface area contributed by atoms with Crippen LogP contribution in [-0.2, 0) is 0 Å². The first kappa shape index (κ1) is 14.3. The van der Waals surface area contributed by atoms with Crippen LogP contribution in [-0.4, -0.2) is 22.5 Å². The summed E-state index contributed by atoms with van der Waals surface area (Å²) >= 11 is 1.81. The van der Waals surface area contributed by atoms with Gasteiger partial charge < -0.3 is 0 Å². The number of hydrogen-bond acceptors (Lipinski definition) is 3. The van der Waals surface area contributed by atoms with E-state index in [2.05, 4.69) is 46.3 Å². The molecule has 1 aromatic heterocycles. The molecule has 0 radical (unpaired) electrons. The topological polar surface area (TPSA) is 16.1 Å². The Morgan fingerprint density at radius 1 is 0.864 bits per heavy atom. The molecule has 2 nitrogen and oxygen atoms in total. The van der Waals surface area contributed by atoms with Crippen LogP contribution < -0.4 is 0 Å². The van der Waals surface area contributed by atoms with E-state index in [9.17, 15) is 0 Å². The van der Waals surface area contributed by atoms with Crippen molar-refractivity contribution in [2.75, 3.05) is 6.54 Å². The largest absolute Gasteiger partial charge is 0.293 e. The lowest BCUT2D eigenvalue weighted by molar-refractivity contribution is 0.123. The van der Waals surface area contributed by atoms with Crippen molar-refractivity contribution in [3.63, 3.8) is 0 Å². The highest BCUT2D eigenvalue weighted by Crippen LogP contribution is 2.39. The lowest BCUT2D eigenvalue weighted by Crippen LogP contribution is -2.37. The van der Waals surface area contributed by atoms with Gasteiger partial charge in [0.2, 0.25) is 0 Å². The Labute approximate surface area is 136 Å². The SMILES string of the molecule is c1cc(Sc2ccc([C@@H]3CCCC4CCCN43)cc2)ccn1. The van der Waals surface area contributed by atoms with Gasteiger partial charge in [0.05, 0.1) is 0 Å². The highest BCUT2D eigenvalue weighted by molar-refractivity contribution is 7.99. The third-order valence-electron chi connectivity index (χ3n) is 4.99. The number of benzene rings is 1. The van der Waals surface area contributed by atoms with Crippen molar-refractivity contribution in [1.29, 1.82) is 0 Å². The van der Waals surface area contributed by atoms with Gasteiger partial charge in [0.15, 0.2) is 0 Å². The number of piperidine rings is 1. The maximum Gasteiger partial charge on any atom is 0.0351 e. The van der Waals surface area contributed by atoms with Crippen LogP contribution in [0.5, 0.6) is 0 Å². The summed E-state index contributed by atoms with van der Waals surface area (Å²) in [6.07, 6.45) is 10.6. The molecule has 0 saturated carbocycles. The molecule has 3 heterocycles. The molecule has 1 aromatic carbocycles. The van der Waals surface area contributed by atoms with Crippen LogP contribution >= 0.6 is 11.8 Å². The summed E-state index contributed by atoms with van der Waals surface area (Å²) in [5.41, 5.74) is 1.51. The van der Waals surface area contributed by atoms with Gasteiger partial charge in [-0.3, -0.25) is 9.88 Å². The molecule has 114 valence electrons. The summed E-state index contributed by atoms with van der Waals surface area (Å²) in [5, 5.41) is 0. The van der Waals surface area contributed by atoms with Gasteiger partial charge in [-0.15, -0.1) is 0 Å². The van der Waals surface area contributed by atoms with Crippen molar-refractivity contribution in [2.24, 2.45) is 0 Å². The maximum absolute atomic E-state index is 4.07. The molecule has 0 N–H and O–H groups in total. The first-order chi connectivity index (χ1) is 10.9. The minimum absolute atomic E-state index is 0.654. The zero-order valence-corrected chi connectivity index (χ0v) is 13.6. The Morgan fingerprint density at radius 3 is 2.41 bits per heavy atom. The average Bonchev–Trinajstić information content (AvgIpc) is 3.05. The Kier molecular flexibility index (Phi) is 4.17. The van der Waals surface area contributed by atoms with Crippen molar-refractivity contribution in [1.82, 2.24) is 9.88 Å². The zero-order chi connectivity index (χ0) is 14.8. The molecule has 2 saturated heterocycles. The molecule has 2 aliphatic rings. The first-order valence-electron chi connectivity index (χ1n) is 8.34. The third-order valence-corrected chi connectivity index (χ3v) is 6.00. The van der Waals surface area contributed by atoms with E-state index in [1.54, 1.807) is 0 Å². The second-order valence-electron chi connectivity index (χ2n) is 6.33. The minimum Gasteiger partial charge on any atom is -0.293 e. The fourth-order valence-electron chi connectivity index (χ4n) is 3.95. The van der Waals surface area contributed by atoms with Gasteiger partial charge in [0.1, 0.15) is 0 Å². The number of aromatic nitrogens is 1. The van der Waals surface area contributed by atoms with Gasteiger partial charge in [0.25, 0.3) is 0 Å². The number of pyridine rings is 1. The summed E-state index contributed by atoms with van der Waals surface area (Å²) in [5.74, 6) is 0. The average molecular weight is 310 g/mol. The van der Waals surface area contributed by atoms with Gasteiger partial charge in [-0.05, 0) is 68.5 Å². The molecular formula is C19H22N2S. The summed E-state index contributed by atoms with van der Waals surface area (Å²) in [6.45, 7) is 1.29. The molecule has 0 aliphatic carbocycles. The normalized spacial score (nSPS) is 25.1. The van der Waals surface area contributed by atoms with Crippen molar-refractivity contribution in [3.8, 4) is 0 Å². The predicted molar refractivity (Wildman–Crippen MR) is 91.1 cm³/mol. The molecule has 0 bridgehead atoms. The van der Waals surface area contributed by atoms with Crippen LogP contribution in [0.15, 0.2) is 58.6 Å². The number of nitrogens with zero attached hydrogens (tertiary/aromatic N) is 2. The fraction of sp³-hybridized carbons (Fsp3) is 0.421. The summed E-state index contributed by atoms with van der Waals surface area (Å²) in [7, 11) is 0. The first-order valence-corrected chi connectivity index (χ1v) is 9.15. The van der Waals surface area contributed by atoms with Gasteiger partial charge in [0, 0.05) is 34.3 Å². The Bertz CT molecular complexity index is 611. The van der Waals surface area contributed by atoms with E-state index in [0.29, 0.717) is 6.04 Å². The summed E-state index contributed by atoms with van der Waals surface area (Å²) < 4.78 is 0.